The number of aromatic nitrogens is 2. The van der Waals surface area contributed by atoms with E-state index in [-0.39, 0.29) is 23.9 Å². The lowest BCUT2D eigenvalue weighted by Gasteiger charge is -2.19. The van der Waals surface area contributed by atoms with E-state index in [4.69, 9.17) is 5.41 Å². The molecule has 0 saturated carbocycles. The zero-order chi connectivity index (χ0) is 19.1. The van der Waals surface area contributed by atoms with Crippen molar-refractivity contribution in [3.63, 3.8) is 0 Å². The summed E-state index contributed by atoms with van der Waals surface area (Å²) in [4.78, 5) is 18.0. The number of benzene rings is 2. The molecule has 0 amide bonds. The Bertz CT molecular complexity index is 1110. The second-order valence-corrected chi connectivity index (χ2v) is 6.53. The molecule has 0 spiro atoms. The van der Waals surface area contributed by atoms with Crippen molar-refractivity contribution in [2.24, 2.45) is 0 Å². The van der Waals surface area contributed by atoms with Gasteiger partial charge >= 0.3 is 0 Å². The van der Waals surface area contributed by atoms with Crippen LogP contribution in [-0.4, -0.2) is 32.8 Å². The Morgan fingerprint density at radius 1 is 1.22 bits per heavy atom. The number of hydrogen-bond acceptors (Lipinski definition) is 4. The number of rotatable bonds is 4. The highest BCUT2D eigenvalue weighted by Crippen LogP contribution is 2.32. The molecular weight excluding hydrogens is 340 g/mol. The average molecular weight is 360 g/mol. The second-order valence-electron chi connectivity index (χ2n) is 6.53. The van der Waals surface area contributed by atoms with Crippen molar-refractivity contribution in [2.75, 3.05) is 11.4 Å². The number of aliphatic hydroxyl groups excluding tert-OH is 1. The first kappa shape index (κ1) is 17.0. The molecule has 2 heterocycles. The minimum atomic E-state index is -0.0345. The fourth-order valence-electron chi connectivity index (χ4n) is 3.51. The van der Waals surface area contributed by atoms with Gasteiger partial charge in [-0.05, 0) is 38.1 Å². The summed E-state index contributed by atoms with van der Waals surface area (Å²) in [6.45, 7) is 4.39. The van der Waals surface area contributed by atoms with Gasteiger partial charge in [-0.2, -0.15) is 0 Å². The summed E-state index contributed by atoms with van der Waals surface area (Å²) in [5, 5.41) is 19.3. The van der Waals surface area contributed by atoms with Crippen LogP contribution >= 0.6 is 0 Å². The fraction of sp³-hybridized carbons (Fsp3) is 0.190. The summed E-state index contributed by atoms with van der Waals surface area (Å²) in [5.74, 6) is 0.843. The minimum absolute atomic E-state index is 0.0345. The van der Waals surface area contributed by atoms with Crippen LogP contribution in [0.25, 0.3) is 16.6 Å². The third-order valence-electron chi connectivity index (χ3n) is 4.86. The Balaban J connectivity index is 1.78. The normalized spacial score (nSPS) is 14.4. The van der Waals surface area contributed by atoms with Crippen molar-refractivity contribution in [1.29, 1.82) is 5.41 Å². The number of aryl methyl sites for hydroxylation is 1. The van der Waals surface area contributed by atoms with Crippen LogP contribution in [-0.2, 0) is 6.54 Å². The Labute approximate surface area is 156 Å². The van der Waals surface area contributed by atoms with E-state index in [2.05, 4.69) is 4.98 Å². The maximum Gasteiger partial charge on any atom is 0.159 e. The number of carbonyl (C=O) groups is 1. The maximum atomic E-state index is 11.7. The topological polar surface area (TPSA) is 82.2 Å². The van der Waals surface area contributed by atoms with E-state index in [1.54, 1.807) is 23.1 Å². The van der Waals surface area contributed by atoms with E-state index in [9.17, 15) is 9.90 Å². The number of fused-ring (bicyclic) bond motifs is 1. The number of ketones is 1. The molecule has 0 bridgehead atoms. The van der Waals surface area contributed by atoms with Crippen LogP contribution in [0.5, 0.6) is 0 Å². The number of hydrogen-bond donors (Lipinski definition) is 2. The van der Waals surface area contributed by atoms with Gasteiger partial charge in [0.05, 0.1) is 23.2 Å². The molecule has 3 aromatic rings. The number of anilines is 1. The minimum Gasteiger partial charge on any atom is -0.509 e. The summed E-state index contributed by atoms with van der Waals surface area (Å²) >= 11 is 0. The molecule has 2 aromatic carbocycles. The number of Topliss-reactive ketones (excluding diaryl/α,β-unsaturated/α-hetero) is 1. The summed E-state index contributed by atoms with van der Waals surface area (Å²) in [7, 11) is 0. The molecule has 136 valence electrons. The Morgan fingerprint density at radius 3 is 2.74 bits per heavy atom. The van der Waals surface area contributed by atoms with Crippen molar-refractivity contribution in [3.05, 3.63) is 65.7 Å². The first-order chi connectivity index (χ1) is 13.0. The molecule has 1 aromatic heterocycles. The highest BCUT2D eigenvalue weighted by Gasteiger charge is 2.32. The van der Waals surface area contributed by atoms with Crippen LogP contribution < -0.4 is 4.90 Å². The lowest BCUT2D eigenvalue weighted by atomic mass is 10.1. The number of imidazole rings is 1. The molecule has 0 saturated heterocycles. The lowest BCUT2D eigenvalue weighted by Crippen LogP contribution is -2.26. The SMILES string of the molecule is CCn1c(C2=C(O)CN(c3cccc(C(C)=O)c3)C2=N)nc2ccccc21. The van der Waals surface area contributed by atoms with Gasteiger partial charge in [0.2, 0.25) is 0 Å². The van der Waals surface area contributed by atoms with Crippen LogP contribution in [0.3, 0.4) is 0 Å². The van der Waals surface area contributed by atoms with Crippen LogP contribution in [0.4, 0.5) is 5.69 Å². The monoisotopic (exact) mass is 360 g/mol. The van der Waals surface area contributed by atoms with E-state index in [0.29, 0.717) is 29.2 Å². The van der Waals surface area contributed by atoms with E-state index < -0.39 is 0 Å². The molecule has 0 fully saturated rings. The molecule has 6 heteroatoms. The number of nitrogens with one attached hydrogen (secondary N) is 1. The second kappa shape index (κ2) is 6.39. The third-order valence-corrected chi connectivity index (χ3v) is 4.86. The standard InChI is InChI=1S/C21H20N4O2/c1-3-24-17-10-5-4-9-16(17)23-21(24)19-18(27)12-25(20(19)22)15-8-6-7-14(11-15)13(2)26/h4-11,22,27H,3,12H2,1-2H3. The first-order valence-electron chi connectivity index (χ1n) is 8.86. The smallest absolute Gasteiger partial charge is 0.159 e. The van der Waals surface area contributed by atoms with Gasteiger partial charge < -0.3 is 14.6 Å². The van der Waals surface area contributed by atoms with Crippen LogP contribution in [0, 0.1) is 5.41 Å². The number of aliphatic hydroxyl groups is 1. The number of amidine groups is 1. The lowest BCUT2D eigenvalue weighted by molar-refractivity contribution is 0.101. The number of carbonyl (C=O) groups excluding carboxylic acids is 1. The van der Waals surface area contributed by atoms with Crippen molar-refractivity contribution >= 4 is 33.9 Å². The number of para-hydroxylation sites is 2. The highest BCUT2D eigenvalue weighted by atomic mass is 16.3. The molecule has 0 atom stereocenters. The van der Waals surface area contributed by atoms with E-state index >= 15 is 0 Å². The largest absolute Gasteiger partial charge is 0.509 e. The molecule has 2 N–H and O–H groups in total. The quantitative estimate of drug-likeness (QED) is 0.688. The predicted molar refractivity (Wildman–Crippen MR) is 106 cm³/mol. The van der Waals surface area contributed by atoms with Crippen LogP contribution in [0.2, 0.25) is 0 Å². The van der Waals surface area contributed by atoms with Gasteiger partial charge in [0, 0.05) is 17.8 Å². The van der Waals surface area contributed by atoms with Crippen molar-refractivity contribution in [2.45, 2.75) is 20.4 Å². The van der Waals surface area contributed by atoms with Gasteiger partial charge in [-0.1, -0.05) is 24.3 Å². The van der Waals surface area contributed by atoms with Crippen molar-refractivity contribution in [3.8, 4) is 0 Å². The van der Waals surface area contributed by atoms with Gasteiger partial charge in [0.25, 0.3) is 0 Å². The van der Waals surface area contributed by atoms with E-state index in [0.717, 1.165) is 11.0 Å². The van der Waals surface area contributed by atoms with E-state index in [1.807, 2.05) is 41.8 Å². The predicted octanol–water partition coefficient (Wildman–Crippen LogP) is 4.03. The number of nitrogens with zero attached hydrogens (tertiary/aromatic N) is 3. The summed E-state index contributed by atoms with van der Waals surface area (Å²) in [6.07, 6.45) is 0. The summed E-state index contributed by atoms with van der Waals surface area (Å²) in [5.41, 5.74) is 3.52. The molecule has 6 nitrogen and oxygen atoms in total. The molecule has 0 radical (unpaired) electrons. The van der Waals surface area contributed by atoms with Gasteiger partial charge in [0.15, 0.2) is 5.78 Å². The van der Waals surface area contributed by atoms with Gasteiger partial charge in [0.1, 0.15) is 17.4 Å². The van der Waals surface area contributed by atoms with E-state index in [1.165, 1.54) is 6.92 Å². The third kappa shape index (κ3) is 2.70. The fourth-order valence-corrected chi connectivity index (χ4v) is 3.51. The van der Waals surface area contributed by atoms with Crippen LogP contribution in [0.1, 0.15) is 30.0 Å². The molecule has 0 aliphatic carbocycles. The van der Waals surface area contributed by atoms with Gasteiger partial charge in [-0.3, -0.25) is 10.2 Å². The van der Waals surface area contributed by atoms with Crippen LogP contribution in [0.15, 0.2) is 54.3 Å². The Kier molecular flexibility index (Phi) is 4.03. The van der Waals surface area contributed by atoms with Crippen molar-refractivity contribution in [1.82, 2.24) is 9.55 Å². The van der Waals surface area contributed by atoms with Crippen molar-refractivity contribution < 1.29 is 9.90 Å². The summed E-state index contributed by atoms with van der Waals surface area (Å²) in [6, 6.07) is 14.9. The summed E-state index contributed by atoms with van der Waals surface area (Å²) < 4.78 is 2.00. The molecular formula is C21H20N4O2. The molecule has 4 rings (SSSR count). The van der Waals surface area contributed by atoms with Gasteiger partial charge in [-0.15, -0.1) is 0 Å². The maximum absolute atomic E-state index is 11.7. The average Bonchev–Trinajstić information content (AvgIpc) is 3.18. The molecule has 0 unspecified atom stereocenters. The zero-order valence-electron chi connectivity index (χ0n) is 15.2. The highest BCUT2D eigenvalue weighted by molar-refractivity contribution is 6.30. The first-order valence-corrected chi connectivity index (χ1v) is 8.86. The van der Waals surface area contributed by atoms with Gasteiger partial charge in [-0.25, -0.2) is 4.98 Å². The molecule has 27 heavy (non-hydrogen) atoms. The molecule has 1 aliphatic heterocycles. The Morgan fingerprint density at radius 2 is 2.00 bits per heavy atom. The Hall–Kier alpha value is -3.41. The molecule has 1 aliphatic rings. The zero-order valence-corrected chi connectivity index (χ0v) is 15.2.